The number of hydrogen-bond donors (Lipinski definition) is 1. The largest absolute Gasteiger partial charge is 0.401 e. The summed E-state index contributed by atoms with van der Waals surface area (Å²) in [6, 6.07) is 0.0420. The van der Waals surface area contributed by atoms with Gasteiger partial charge in [0.15, 0.2) is 0 Å². The quantitative estimate of drug-likeness (QED) is 0.737. The minimum absolute atomic E-state index is 0.0420. The Bertz CT molecular complexity index is 179. The van der Waals surface area contributed by atoms with E-state index < -0.39 is 12.7 Å². The lowest BCUT2D eigenvalue weighted by Gasteiger charge is -2.34. The van der Waals surface area contributed by atoms with Crippen molar-refractivity contribution in [3.05, 3.63) is 0 Å². The first-order chi connectivity index (χ1) is 6.40. The third-order valence-electron chi connectivity index (χ3n) is 3.27. The van der Waals surface area contributed by atoms with Crippen molar-refractivity contribution in [1.29, 1.82) is 0 Å². The lowest BCUT2D eigenvalue weighted by Crippen LogP contribution is -2.44. The zero-order valence-corrected chi connectivity index (χ0v) is 8.69. The topological polar surface area (TPSA) is 12.0 Å². The van der Waals surface area contributed by atoms with Crippen molar-refractivity contribution in [2.45, 2.75) is 45.3 Å². The summed E-state index contributed by atoms with van der Waals surface area (Å²) in [5.41, 5.74) is 0. The molecule has 1 rings (SSSR count). The number of hydrogen-bond acceptors (Lipinski definition) is 1. The summed E-state index contributed by atoms with van der Waals surface area (Å²) in [5, 5.41) is 2.62. The lowest BCUT2D eigenvalue weighted by molar-refractivity contribution is -0.127. The Morgan fingerprint density at radius 2 is 1.86 bits per heavy atom. The molecule has 14 heavy (non-hydrogen) atoms. The standard InChI is InChI=1S/C10H18F3N/c1-7-4-3-5-9(8(7)2)14-6-10(11,12)13/h7-9,14H,3-6H2,1-2H3. The molecule has 1 aliphatic carbocycles. The van der Waals surface area contributed by atoms with Crippen LogP contribution in [0, 0.1) is 11.8 Å². The first-order valence-electron chi connectivity index (χ1n) is 5.20. The maximum absolute atomic E-state index is 12.0. The fourth-order valence-electron chi connectivity index (χ4n) is 2.12. The highest BCUT2D eigenvalue weighted by Crippen LogP contribution is 2.29. The molecule has 0 aromatic carbocycles. The summed E-state index contributed by atoms with van der Waals surface area (Å²) in [5.74, 6) is 0.889. The summed E-state index contributed by atoms with van der Waals surface area (Å²) in [6.07, 6.45) is -1.02. The fraction of sp³-hybridized carbons (Fsp3) is 1.00. The smallest absolute Gasteiger partial charge is 0.306 e. The van der Waals surface area contributed by atoms with E-state index in [2.05, 4.69) is 12.2 Å². The zero-order chi connectivity index (χ0) is 10.8. The van der Waals surface area contributed by atoms with Gasteiger partial charge in [-0.2, -0.15) is 13.2 Å². The summed E-state index contributed by atoms with van der Waals surface area (Å²) < 4.78 is 35.9. The average Bonchev–Trinajstić information content (AvgIpc) is 2.06. The van der Waals surface area contributed by atoms with Crippen LogP contribution in [0.15, 0.2) is 0 Å². The highest BCUT2D eigenvalue weighted by atomic mass is 19.4. The number of halogens is 3. The summed E-state index contributed by atoms with van der Waals surface area (Å²) in [7, 11) is 0. The second kappa shape index (κ2) is 4.51. The van der Waals surface area contributed by atoms with E-state index in [0.717, 1.165) is 19.3 Å². The van der Waals surface area contributed by atoms with Gasteiger partial charge in [0.25, 0.3) is 0 Å². The van der Waals surface area contributed by atoms with Gasteiger partial charge in [-0.15, -0.1) is 0 Å². The normalized spacial score (nSPS) is 34.5. The fourth-order valence-corrected chi connectivity index (χ4v) is 2.12. The van der Waals surface area contributed by atoms with Gasteiger partial charge in [0.1, 0.15) is 0 Å². The van der Waals surface area contributed by atoms with Gasteiger partial charge in [-0.3, -0.25) is 0 Å². The molecule has 4 heteroatoms. The molecule has 0 spiro atoms. The van der Waals surface area contributed by atoms with Crippen LogP contribution in [0.5, 0.6) is 0 Å². The Hall–Kier alpha value is -0.250. The highest BCUT2D eigenvalue weighted by Gasteiger charge is 2.32. The van der Waals surface area contributed by atoms with Gasteiger partial charge >= 0.3 is 6.18 Å². The van der Waals surface area contributed by atoms with E-state index in [1.54, 1.807) is 0 Å². The molecule has 0 aromatic rings. The Morgan fingerprint density at radius 1 is 1.21 bits per heavy atom. The van der Waals surface area contributed by atoms with Crippen molar-refractivity contribution in [3.8, 4) is 0 Å². The van der Waals surface area contributed by atoms with Crippen molar-refractivity contribution < 1.29 is 13.2 Å². The molecule has 0 bridgehead atoms. The molecule has 0 saturated heterocycles. The van der Waals surface area contributed by atoms with Crippen LogP contribution in [0.25, 0.3) is 0 Å². The predicted molar refractivity (Wildman–Crippen MR) is 50.0 cm³/mol. The predicted octanol–water partition coefficient (Wildman–Crippen LogP) is 2.96. The first-order valence-corrected chi connectivity index (χ1v) is 5.20. The molecule has 0 amide bonds. The molecule has 1 aliphatic rings. The molecule has 0 heterocycles. The van der Waals surface area contributed by atoms with E-state index in [9.17, 15) is 13.2 Å². The molecule has 1 nitrogen and oxygen atoms in total. The molecular formula is C10H18F3N. The number of rotatable bonds is 2. The molecule has 1 N–H and O–H groups in total. The maximum Gasteiger partial charge on any atom is 0.401 e. The summed E-state index contributed by atoms with van der Waals surface area (Å²) in [4.78, 5) is 0. The van der Waals surface area contributed by atoms with E-state index in [1.807, 2.05) is 6.92 Å². The molecule has 0 aromatic heterocycles. The third kappa shape index (κ3) is 3.48. The van der Waals surface area contributed by atoms with Crippen molar-refractivity contribution in [1.82, 2.24) is 5.32 Å². The Morgan fingerprint density at radius 3 is 2.43 bits per heavy atom. The monoisotopic (exact) mass is 209 g/mol. The van der Waals surface area contributed by atoms with E-state index in [-0.39, 0.29) is 6.04 Å². The Kier molecular flexibility index (Phi) is 3.81. The van der Waals surface area contributed by atoms with Crippen LogP contribution in [0.1, 0.15) is 33.1 Å². The van der Waals surface area contributed by atoms with E-state index in [1.165, 1.54) is 0 Å². The van der Waals surface area contributed by atoms with E-state index >= 15 is 0 Å². The lowest BCUT2D eigenvalue weighted by atomic mass is 9.78. The molecule has 1 saturated carbocycles. The molecule has 84 valence electrons. The Balaban J connectivity index is 2.36. The van der Waals surface area contributed by atoms with E-state index in [4.69, 9.17) is 0 Å². The maximum atomic E-state index is 12.0. The van der Waals surface area contributed by atoms with Crippen molar-refractivity contribution in [2.75, 3.05) is 6.54 Å². The van der Waals surface area contributed by atoms with Crippen LogP contribution in [0.2, 0.25) is 0 Å². The van der Waals surface area contributed by atoms with Gasteiger partial charge in [0.05, 0.1) is 6.54 Å². The average molecular weight is 209 g/mol. The van der Waals surface area contributed by atoms with Gasteiger partial charge in [0, 0.05) is 6.04 Å². The molecule has 3 unspecified atom stereocenters. The van der Waals surface area contributed by atoms with Crippen molar-refractivity contribution in [3.63, 3.8) is 0 Å². The van der Waals surface area contributed by atoms with Crippen LogP contribution >= 0.6 is 0 Å². The summed E-state index contributed by atoms with van der Waals surface area (Å²) in [6.45, 7) is 3.30. The molecule has 0 radical (unpaired) electrons. The Labute approximate surface area is 83.1 Å². The van der Waals surface area contributed by atoms with Gasteiger partial charge in [-0.05, 0) is 18.3 Å². The highest BCUT2D eigenvalue weighted by molar-refractivity contribution is 4.82. The minimum Gasteiger partial charge on any atom is -0.306 e. The van der Waals surface area contributed by atoms with Gasteiger partial charge in [-0.1, -0.05) is 26.7 Å². The zero-order valence-electron chi connectivity index (χ0n) is 8.69. The molecule has 3 atom stereocenters. The SMILES string of the molecule is CC1CCCC(NCC(F)(F)F)C1C. The minimum atomic E-state index is -4.08. The first kappa shape index (κ1) is 11.8. The van der Waals surface area contributed by atoms with Gasteiger partial charge in [-0.25, -0.2) is 0 Å². The van der Waals surface area contributed by atoms with Gasteiger partial charge < -0.3 is 5.32 Å². The van der Waals surface area contributed by atoms with Crippen LogP contribution in [0.3, 0.4) is 0 Å². The van der Waals surface area contributed by atoms with Crippen LogP contribution in [-0.2, 0) is 0 Å². The van der Waals surface area contributed by atoms with Crippen LogP contribution in [0.4, 0.5) is 13.2 Å². The third-order valence-corrected chi connectivity index (χ3v) is 3.27. The van der Waals surface area contributed by atoms with Crippen molar-refractivity contribution in [2.24, 2.45) is 11.8 Å². The molecule has 1 fully saturated rings. The second-order valence-electron chi connectivity index (χ2n) is 4.37. The van der Waals surface area contributed by atoms with Crippen LogP contribution in [-0.4, -0.2) is 18.8 Å². The second-order valence-corrected chi connectivity index (χ2v) is 4.37. The number of alkyl halides is 3. The molecular weight excluding hydrogens is 191 g/mol. The van der Waals surface area contributed by atoms with Gasteiger partial charge in [0.2, 0.25) is 0 Å². The van der Waals surface area contributed by atoms with Crippen LogP contribution < -0.4 is 5.32 Å². The summed E-state index contributed by atoms with van der Waals surface area (Å²) >= 11 is 0. The molecule has 0 aliphatic heterocycles. The number of nitrogens with one attached hydrogen (secondary N) is 1. The van der Waals surface area contributed by atoms with E-state index in [0.29, 0.717) is 11.8 Å². The van der Waals surface area contributed by atoms with Crippen molar-refractivity contribution >= 4 is 0 Å².